The SMILES string of the molecule is CC(C)Oc1ncccc1CNCC1CCOCC1. The summed E-state index contributed by atoms with van der Waals surface area (Å²) in [5.74, 6) is 1.48. The Hall–Kier alpha value is -1.13. The van der Waals surface area contributed by atoms with Crippen molar-refractivity contribution in [3.63, 3.8) is 0 Å². The van der Waals surface area contributed by atoms with Gasteiger partial charge in [0, 0.05) is 31.5 Å². The average molecular weight is 264 g/mol. The second-order valence-corrected chi connectivity index (χ2v) is 5.32. The standard InChI is InChI=1S/C15H24N2O2/c1-12(2)19-15-14(4-3-7-17-15)11-16-10-13-5-8-18-9-6-13/h3-4,7,12-13,16H,5-6,8-11H2,1-2H3. The van der Waals surface area contributed by atoms with E-state index in [9.17, 15) is 0 Å². The first-order valence-corrected chi connectivity index (χ1v) is 7.14. The van der Waals surface area contributed by atoms with E-state index in [2.05, 4.69) is 16.4 Å². The van der Waals surface area contributed by atoms with E-state index >= 15 is 0 Å². The number of hydrogen-bond donors (Lipinski definition) is 1. The van der Waals surface area contributed by atoms with Gasteiger partial charge in [-0.05, 0) is 45.2 Å². The minimum absolute atomic E-state index is 0.157. The fourth-order valence-corrected chi connectivity index (χ4v) is 2.25. The summed E-state index contributed by atoms with van der Waals surface area (Å²) >= 11 is 0. The van der Waals surface area contributed by atoms with Crippen molar-refractivity contribution in [2.45, 2.75) is 39.3 Å². The van der Waals surface area contributed by atoms with Gasteiger partial charge in [-0.3, -0.25) is 0 Å². The van der Waals surface area contributed by atoms with E-state index in [4.69, 9.17) is 9.47 Å². The summed E-state index contributed by atoms with van der Waals surface area (Å²) in [4.78, 5) is 4.30. The van der Waals surface area contributed by atoms with E-state index in [0.29, 0.717) is 0 Å². The molecule has 1 aromatic heterocycles. The Kier molecular flexibility index (Phi) is 5.61. The van der Waals surface area contributed by atoms with Gasteiger partial charge in [-0.1, -0.05) is 6.07 Å². The van der Waals surface area contributed by atoms with Gasteiger partial charge < -0.3 is 14.8 Å². The third-order valence-electron chi connectivity index (χ3n) is 3.29. The molecule has 0 bridgehead atoms. The summed E-state index contributed by atoms with van der Waals surface area (Å²) in [7, 11) is 0. The molecule has 1 aromatic rings. The zero-order valence-corrected chi connectivity index (χ0v) is 11.9. The van der Waals surface area contributed by atoms with Crippen LogP contribution >= 0.6 is 0 Å². The Morgan fingerprint density at radius 3 is 2.95 bits per heavy atom. The molecule has 0 spiro atoms. The smallest absolute Gasteiger partial charge is 0.218 e. The third kappa shape index (κ3) is 4.80. The number of ether oxygens (including phenoxy) is 2. The molecule has 2 rings (SSSR count). The van der Waals surface area contributed by atoms with Gasteiger partial charge in [-0.2, -0.15) is 0 Å². The van der Waals surface area contributed by atoms with Crippen molar-refractivity contribution in [2.24, 2.45) is 5.92 Å². The number of rotatable bonds is 6. The van der Waals surface area contributed by atoms with Gasteiger partial charge in [-0.15, -0.1) is 0 Å². The number of nitrogens with zero attached hydrogens (tertiary/aromatic N) is 1. The van der Waals surface area contributed by atoms with Gasteiger partial charge >= 0.3 is 0 Å². The molecule has 1 aliphatic heterocycles. The van der Waals surface area contributed by atoms with Crippen LogP contribution in [0.4, 0.5) is 0 Å². The van der Waals surface area contributed by atoms with Crippen LogP contribution in [-0.2, 0) is 11.3 Å². The molecular formula is C15H24N2O2. The Balaban J connectivity index is 1.81. The van der Waals surface area contributed by atoms with E-state index in [1.54, 1.807) is 6.20 Å². The van der Waals surface area contributed by atoms with Crippen LogP contribution < -0.4 is 10.1 Å². The van der Waals surface area contributed by atoms with Crippen molar-refractivity contribution in [1.82, 2.24) is 10.3 Å². The maximum absolute atomic E-state index is 5.72. The van der Waals surface area contributed by atoms with Crippen LogP contribution in [0.2, 0.25) is 0 Å². The number of pyridine rings is 1. The fraction of sp³-hybridized carbons (Fsp3) is 0.667. The highest BCUT2D eigenvalue weighted by Gasteiger charge is 2.13. The quantitative estimate of drug-likeness (QED) is 0.856. The molecule has 1 aliphatic rings. The molecule has 0 radical (unpaired) electrons. The molecule has 4 nitrogen and oxygen atoms in total. The van der Waals surface area contributed by atoms with Crippen molar-refractivity contribution in [3.05, 3.63) is 23.9 Å². The molecule has 0 aliphatic carbocycles. The minimum atomic E-state index is 0.157. The summed E-state index contributed by atoms with van der Waals surface area (Å²) in [5.41, 5.74) is 1.13. The first-order chi connectivity index (χ1) is 9.25. The first kappa shape index (κ1) is 14.3. The summed E-state index contributed by atoms with van der Waals surface area (Å²) in [5, 5.41) is 3.51. The highest BCUT2D eigenvalue weighted by Crippen LogP contribution is 2.17. The van der Waals surface area contributed by atoms with Crippen LogP contribution in [0.3, 0.4) is 0 Å². The van der Waals surface area contributed by atoms with Crippen molar-refractivity contribution in [2.75, 3.05) is 19.8 Å². The Morgan fingerprint density at radius 2 is 2.21 bits per heavy atom. The van der Waals surface area contributed by atoms with E-state index in [1.807, 2.05) is 19.9 Å². The highest BCUT2D eigenvalue weighted by molar-refractivity contribution is 5.25. The summed E-state index contributed by atoms with van der Waals surface area (Å²) in [6.45, 7) is 7.70. The van der Waals surface area contributed by atoms with Crippen LogP contribution in [-0.4, -0.2) is 30.8 Å². The van der Waals surface area contributed by atoms with Crippen LogP contribution in [0.15, 0.2) is 18.3 Å². The molecule has 0 saturated carbocycles. The van der Waals surface area contributed by atoms with Crippen LogP contribution in [0.1, 0.15) is 32.3 Å². The van der Waals surface area contributed by atoms with Gasteiger partial charge in [0.2, 0.25) is 5.88 Å². The number of nitrogens with one attached hydrogen (secondary N) is 1. The first-order valence-electron chi connectivity index (χ1n) is 7.14. The van der Waals surface area contributed by atoms with Gasteiger partial charge in [0.15, 0.2) is 0 Å². The van der Waals surface area contributed by atoms with Crippen molar-refractivity contribution >= 4 is 0 Å². The topological polar surface area (TPSA) is 43.4 Å². The monoisotopic (exact) mass is 264 g/mol. The molecule has 0 aromatic carbocycles. The zero-order valence-electron chi connectivity index (χ0n) is 11.9. The van der Waals surface area contributed by atoms with Gasteiger partial charge in [0.1, 0.15) is 0 Å². The third-order valence-corrected chi connectivity index (χ3v) is 3.29. The molecule has 0 amide bonds. The Labute approximate surface area is 115 Å². The molecule has 1 saturated heterocycles. The van der Waals surface area contributed by atoms with E-state index < -0.39 is 0 Å². The largest absolute Gasteiger partial charge is 0.475 e. The van der Waals surface area contributed by atoms with E-state index in [1.165, 1.54) is 0 Å². The molecule has 19 heavy (non-hydrogen) atoms. The maximum atomic E-state index is 5.72. The summed E-state index contributed by atoms with van der Waals surface area (Å²) in [6.07, 6.45) is 4.26. The van der Waals surface area contributed by atoms with Crippen molar-refractivity contribution in [1.29, 1.82) is 0 Å². The lowest BCUT2D eigenvalue weighted by molar-refractivity contribution is 0.0662. The molecule has 0 unspecified atom stereocenters. The predicted octanol–water partition coefficient (Wildman–Crippen LogP) is 2.39. The molecule has 4 heteroatoms. The van der Waals surface area contributed by atoms with Crippen LogP contribution in [0.25, 0.3) is 0 Å². The predicted molar refractivity (Wildman–Crippen MR) is 75.3 cm³/mol. The molecule has 2 heterocycles. The lowest BCUT2D eigenvalue weighted by Gasteiger charge is -2.22. The van der Waals surface area contributed by atoms with E-state index in [-0.39, 0.29) is 6.10 Å². The molecule has 106 valence electrons. The van der Waals surface area contributed by atoms with Gasteiger partial charge in [0.25, 0.3) is 0 Å². The van der Waals surface area contributed by atoms with Crippen molar-refractivity contribution < 1.29 is 9.47 Å². The number of aromatic nitrogens is 1. The normalized spacial score (nSPS) is 16.8. The number of hydrogen-bond acceptors (Lipinski definition) is 4. The van der Waals surface area contributed by atoms with E-state index in [0.717, 1.165) is 56.5 Å². The summed E-state index contributed by atoms with van der Waals surface area (Å²) < 4.78 is 11.1. The zero-order chi connectivity index (χ0) is 13.5. The highest BCUT2D eigenvalue weighted by atomic mass is 16.5. The summed E-state index contributed by atoms with van der Waals surface area (Å²) in [6, 6.07) is 4.03. The van der Waals surface area contributed by atoms with Gasteiger partial charge in [-0.25, -0.2) is 4.98 Å². The Bertz CT molecular complexity index is 376. The van der Waals surface area contributed by atoms with Crippen LogP contribution in [0, 0.1) is 5.92 Å². The van der Waals surface area contributed by atoms with Crippen molar-refractivity contribution in [3.8, 4) is 5.88 Å². The minimum Gasteiger partial charge on any atom is -0.475 e. The van der Waals surface area contributed by atoms with Crippen LogP contribution in [0.5, 0.6) is 5.88 Å². The molecule has 0 atom stereocenters. The molecular weight excluding hydrogens is 240 g/mol. The Morgan fingerprint density at radius 1 is 1.42 bits per heavy atom. The van der Waals surface area contributed by atoms with Gasteiger partial charge in [0.05, 0.1) is 6.10 Å². The average Bonchev–Trinajstić information content (AvgIpc) is 2.41. The maximum Gasteiger partial charge on any atom is 0.218 e. The second kappa shape index (κ2) is 7.46. The molecule has 1 N–H and O–H groups in total. The second-order valence-electron chi connectivity index (χ2n) is 5.32. The lowest BCUT2D eigenvalue weighted by atomic mass is 10.0. The lowest BCUT2D eigenvalue weighted by Crippen LogP contribution is -2.27. The fourth-order valence-electron chi connectivity index (χ4n) is 2.25. The molecule has 1 fully saturated rings.